The molecule has 0 bridgehead atoms. The van der Waals surface area contributed by atoms with E-state index in [0.29, 0.717) is 16.7 Å². The second-order valence-corrected chi connectivity index (χ2v) is 10.6. The average Bonchev–Trinajstić information content (AvgIpc) is 2.67. The molecule has 11 heteroatoms. The quantitative estimate of drug-likeness (QED) is 0.583. The van der Waals surface area contributed by atoms with Crippen molar-refractivity contribution >= 4 is 44.2 Å². The third kappa shape index (κ3) is 5.92. The van der Waals surface area contributed by atoms with Crippen LogP contribution in [-0.4, -0.2) is 53.8 Å². The molecule has 160 valence electrons. The number of amidine groups is 1. The van der Waals surface area contributed by atoms with Crippen LogP contribution in [0.2, 0.25) is 0 Å². The van der Waals surface area contributed by atoms with Crippen LogP contribution in [-0.2, 0) is 15.4 Å². The van der Waals surface area contributed by atoms with Gasteiger partial charge in [-0.3, -0.25) is 9.79 Å². The molecule has 3 rings (SSSR count). The summed E-state index contributed by atoms with van der Waals surface area (Å²) in [6.07, 6.45) is 4.76. The summed E-state index contributed by atoms with van der Waals surface area (Å²) in [5, 5.41) is 6.25. The first-order valence-electron chi connectivity index (χ1n) is 9.28. The van der Waals surface area contributed by atoms with Crippen LogP contribution in [0.15, 0.2) is 41.7 Å². The van der Waals surface area contributed by atoms with Gasteiger partial charge in [-0.2, -0.15) is 0 Å². The normalized spacial score (nSPS) is 19.1. The van der Waals surface area contributed by atoms with Crippen LogP contribution in [0.5, 0.6) is 0 Å². The Kier molecular flexibility index (Phi) is 6.61. The van der Waals surface area contributed by atoms with E-state index in [-0.39, 0.29) is 18.0 Å². The first-order valence-corrected chi connectivity index (χ1v) is 12.3. The highest BCUT2D eigenvalue weighted by molar-refractivity contribution is 8.13. The van der Waals surface area contributed by atoms with Gasteiger partial charge in [0, 0.05) is 24.2 Å². The van der Waals surface area contributed by atoms with Crippen molar-refractivity contribution in [2.24, 2.45) is 10.7 Å². The zero-order chi connectivity index (χ0) is 21.8. The van der Waals surface area contributed by atoms with E-state index >= 15 is 0 Å². The van der Waals surface area contributed by atoms with Crippen LogP contribution in [0.1, 0.15) is 29.4 Å². The molecular formula is C19H24N6O3S2. The van der Waals surface area contributed by atoms with Crippen molar-refractivity contribution in [2.75, 3.05) is 34.9 Å². The molecule has 0 saturated carbocycles. The van der Waals surface area contributed by atoms with E-state index in [1.807, 2.05) is 25.1 Å². The summed E-state index contributed by atoms with van der Waals surface area (Å²) < 4.78 is 22.3. The number of rotatable bonds is 7. The maximum atomic E-state index is 12.5. The Balaban J connectivity index is 1.65. The highest BCUT2D eigenvalue weighted by atomic mass is 32.2. The fourth-order valence-electron chi connectivity index (χ4n) is 2.92. The molecule has 2 aromatic rings. The number of nitrogens with zero attached hydrogens (tertiary/aromatic N) is 3. The second kappa shape index (κ2) is 9.00. The molecule has 0 radical (unpaired) electrons. The zero-order valence-electron chi connectivity index (χ0n) is 16.8. The number of hydrogen-bond donors (Lipinski definition) is 3. The summed E-state index contributed by atoms with van der Waals surface area (Å²) in [5.74, 6) is 0.883. The van der Waals surface area contributed by atoms with E-state index in [9.17, 15) is 13.2 Å². The lowest BCUT2D eigenvalue weighted by molar-refractivity contribution is 0.102. The Morgan fingerprint density at radius 2 is 2.10 bits per heavy atom. The number of nitrogens with two attached hydrogens (primary N) is 1. The number of thioether (sulfide) groups is 1. The minimum absolute atomic E-state index is 0.0133. The standard InChI is InChI=1S/C19H24N6O3S2/c1-19(6-8-29-18(20)25-19)13-4-3-5-14(10-13)24-17(26)15-11-23-16(12-22-15)21-7-9-30(2,27)28/h3-5,10-12H,6-9H2,1-2H3,(H2,20,25)(H,21,23)(H,24,26). The van der Waals surface area contributed by atoms with Crippen molar-refractivity contribution in [2.45, 2.75) is 18.9 Å². The summed E-state index contributed by atoms with van der Waals surface area (Å²) in [7, 11) is -3.06. The van der Waals surface area contributed by atoms with Crippen LogP contribution in [0.4, 0.5) is 11.5 Å². The fourth-order valence-corrected chi connectivity index (χ4v) is 4.37. The molecule has 1 aromatic heterocycles. The van der Waals surface area contributed by atoms with Crippen LogP contribution in [0, 0.1) is 0 Å². The topological polar surface area (TPSA) is 139 Å². The Bertz CT molecular complexity index is 1060. The molecule has 4 N–H and O–H groups in total. The molecule has 0 spiro atoms. The predicted molar refractivity (Wildman–Crippen MR) is 121 cm³/mol. The molecule has 1 unspecified atom stereocenters. The summed E-state index contributed by atoms with van der Waals surface area (Å²) in [6.45, 7) is 2.25. The van der Waals surface area contributed by atoms with Gasteiger partial charge in [0.25, 0.3) is 5.91 Å². The number of anilines is 2. The summed E-state index contributed by atoms with van der Waals surface area (Å²) >= 11 is 1.54. The van der Waals surface area contributed by atoms with Gasteiger partial charge in [0.05, 0.1) is 23.7 Å². The smallest absolute Gasteiger partial charge is 0.275 e. The van der Waals surface area contributed by atoms with Gasteiger partial charge < -0.3 is 16.4 Å². The van der Waals surface area contributed by atoms with Gasteiger partial charge >= 0.3 is 0 Å². The molecule has 30 heavy (non-hydrogen) atoms. The minimum atomic E-state index is -3.06. The number of carbonyl (C=O) groups is 1. The maximum absolute atomic E-state index is 12.5. The number of sulfone groups is 1. The molecule has 1 atom stereocenters. The molecule has 0 aliphatic carbocycles. The van der Waals surface area contributed by atoms with Gasteiger partial charge in [-0.25, -0.2) is 18.4 Å². The zero-order valence-corrected chi connectivity index (χ0v) is 18.4. The van der Waals surface area contributed by atoms with Crippen molar-refractivity contribution in [3.05, 3.63) is 47.9 Å². The fraction of sp³-hybridized carbons (Fsp3) is 0.368. The van der Waals surface area contributed by atoms with E-state index in [1.165, 1.54) is 12.4 Å². The molecule has 2 heterocycles. The van der Waals surface area contributed by atoms with Gasteiger partial charge in [-0.15, -0.1) is 0 Å². The van der Waals surface area contributed by atoms with Crippen molar-refractivity contribution in [3.63, 3.8) is 0 Å². The van der Waals surface area contributed by atoms with Gasteiger partial charge in [-0.05, 0) is 31.0 Å². The molecule has 1 amide bonds. The van der Waals surface area contributed by atoms with E-state index in [4.69, 9.17) is 5.73 Å². The van der Waals surface area contributed by atoms with E-state index in [2.05, 4.69) is 25.6 Å². The lowest BCUT2D eigenvalue weighted by Gasteiger charge is -2.30. The average molecular weight is 449 g/mol. The number of nitrogens with one attached hydrogen (secondary N) is 2. The van der Waals surface area contributed by atoms with Crippen LogP contribution < -0.4 is 16.4 Å². The van der Waals surface area contributed by atoms with E-state index in [0.717, 1.165) is 24.0 Å². The van der Waals surface area contributed by atoms with Gasteiger partial charge in [0.15, 0.2) is 5.17 Å². The summed E-state index contributed by atoms with van der Waals surface area (Å²) in [6, 6.07) is 7.52. The Labute approximate surface area is 179 Å². The lowest BCUT2D eigenvalue weighted by Crippen LogP contribution is -2.28. The molecular weight excluding hydrogens is 424 g/mol. The number of hydrogen-bond acceptors (Lipinski definition) is 9. The largest absolute Gasteiger partial charge is 0.379 e. The van der Waals surface area contributed by atoms with E-state index in [1.54, 1.807) is 17.8 Å². The van der Waals surface area contributed by atoms with E-state index < -0.39 is 21.3 Å². The highest BCUT2D eigenvalue weighted by Crippen LogP contribution is 2.35. The third-order valence-corrected chi connectivity index (χ3v) is 6.34. The van der Waals surface area contributed by atoms with Crippen molar-refractivity contribution in [3.8, 4) is 0 Å². The third-order valence-electron chi connectivity index (χ3n) is 4.60. The van der Waals surface area contributed by atoms with Crippen molar-refractivity contribution in [1.29, 1.82) is 0 Å². The number of amides is 1. The SMILES string of the molecule is CC1(c2cccc(NC(=O)c3cnc(NCCS(C)(=O)=O)cn3)c2)CCSC(N)=N1. The molecule has 1 aromatic carbocycles. The summed E-state index contributed by atoms with van der Waals surface area (Å²) in [5.41, 5.74) is 7.23. The Hall–Kier alpha value is -2.66. The first kappa shape index (κ1) is 22.0. The Morgan fingerprint density at radius 1 is 1.30 bits per heavy atom. The first-order chi connectivity index (χ1) is 14.1. The number of benzene rings is 1. The van der Waals surface area contributed by atoms with Gasteiger partial charge in [0.2, 0.25) is 0 Å². The van der Waals surface area contributed by atoms with Crippen molar-refractivity contribution in [1.82, 2.24) is 9.97 Å². The molecule has 1 aliphatic rings. The molecule has 0 saturated heterocycles. The second-order valence-electron chi connectivity index (χ2n) is 7.20. The Morgan fingerprint density at radius 3 is 2.77 bits per heavy atom. The number of aliphatic imine (C=N–C) groups is 1. The lowest BCUT2D eigenvalue weighted by atomic mass is 9.89. The van der Waals surface area contributed by atoms with Crippen molar-refractivity contribution < 1.29 is 13.2 Å². The summed E-state index contributed by atoms with van der Waals surface area (Å²) in [4.78, 5) is 25.3. The highest BCUT2D eigenvalue weighted by Gasteiger charge is 2.29. The monoisotopic (exact) mass is 448 g/mol. The maximum Gasteiger partial charge on any atom is 0.275 e. The van der Waals surface area contributed by atoms with Crippen LogP contribution >= 0.6 is 11.8 Å². The van der Waals surface area contributed by atoms with Gasteiger partial charge in [0.1, 0.15) is 21.3 Å². The predicted octanol–water partition coefficient (Wildman–Crippen LogP) is 1.85. The molecule has 9 nitrogen and oxygen atoms in total. The number of carbonyl (C=O) groups excluding carboxylic acids is 1. The van der Waals surface area contributed by atoms with Crippen LogP contribution in [0.3, 0.4) is 0 Å². The van der Waals surface area contributed by atoms with Crippen LogP contribution in [0.25, 0.3) is 0 Å². The molecule has 1 aliphatic heterocycles. The minimum Gasteiger partial charge on any atom is -0.379 e. The number of aromatic nitrogens is 2. The molecule has 0 fully saturated rings. The van der Waals surface area contributed by atoms with Gasteiger partial charge in [-0.1, -0.05) is 23.9 Å².